The van der Waals surface area contributed by atoms with Crippen molar-refractivity contribution in [3.63, 3.8) is 0 Å². The van der Waals surface area contributed by atoms with E-state index < -0.39 is 23.6 Å². The third kappa shape index (κ3) is 6.42. The van der Waals surface area contributed by atoms with Gasteiger partial charge in [0, 0.05) is 24.0 Å². The summed E-state index contributed by atoms with van der Waals surface area (Å²) in [5, 5.41) is 4.47. The number of anilines is 2. The first-order valence-electron chi connectivity index (χ1n) is 8.43. The molecule has 1 heterocycles. The number of ether oxygens (including phenoxy) is 1. The van der Waals surface area contributed by atoms with Crippen LogP contribution < -0.4 is 21.1 Å². The van der Waals surface area contributed by atoms with E-state index in [4.69, 9.17) is 10.5 Å². The topological polar surface area (TPSA) is 106 Å². The molecule has 10 heteroatoms. The fourth-order valence-corrected chi connectivity index (χ4v) is 2.40. The van der Waals surface area contributed by atoms with Crippen LogP contribution in [0.4, 0.5) is 25.1 Å². The molecular weight excluding hydrogens is 418 g/mol. The molecule has 0 aliphatic carbocycles. The van der Waals surface area contributed by atoms with Crippen molar-refractivity contribution in [2.24, 2.45) is 0 Å². The standard InChI is InChI=1S/C20H16F2N4O3.ClH/c21-13-3-1-12(2-4-13)9-19(27)26-20(28)25-14-5-6-17(16(22)10-14)29-15-7-8-24-18(23)11-15;/h1-8,10-11H,9H2,(H2,23,24)(H2,25,26,27,28);1H. The van der Waals surface area contributed by atoms with Gasteiger partial charge in [-0.05, 0) is 35.9 Å². The first-order chi connectivity index (χ1) is 13.9. The second-order valence-corrected chi connectivity index (χ2v) is 5.97. The average molecular weight is 435 g/mol. The molecule has 0 radical (unpaired) electrons. The lowest BCUT2D eigenvalue weighted by atomic mass is 10.1. The molecule has 0 unspecified atom stereocenters. The van der Waals surface area contributed by atoms with Crippen LogP contribution in [0.3, 0.4) is 0 Å². The van der Waals surface area contributed by atoms with Crippen molar-refractivity contribution in [3.8, 4) is 11.5 Å². The second-order valence-electron chi connectivity index (χ2n) is 5.97. The maximum atomic E-state index is 14.2. The smallest absolute Gasteiger partial charge is 0.325 e. The number of aromatic nitrogens is 1. The Bertz CT molecular complexity index is 1050. The van der Waals surface area contributed by atoms with Gasteiger partial charge in [0.1, 0.15) is 17.4 Å². The Morgan fingerprint density at radius 2 is 1.77 bits per heavy atom. The van der Waals surface area contributed by atoms with Gasteiger partial charge in [0.25, 0.3) is 0 Å². The molecule has 3 rings (SSSR count). The predicted octanol–water partition coefficient (Wildman–Crippen LogP) is 4.05. The Kier molecular flexibility index (Phi) is 7.65. The zero-order valence-electron chi connectivity index (χ0n) is 15.4. The van der Waals surface area contributed by atoms with Crippen molar-refractivity contribution in [2.45, 2.75) is 6.42 Å². The van der Waals surface area contributed by atoms with E-state index >= 15 is 0 Å². The van der Waals surface area contributed by atoms with Gasteiger partial charge in [-0.3, -0.25) is 10.1 Å². The highest BCUT2D eigenvalue weighted by molar-refractivity contribution is 6.01. The maximum Gasteiger partial charge on any atom is 0.325 e. The third-order valence-corrected chi connectivity index (χ3v) is 3.70. The number of nitrogens with two attached hydrogens (primary N) is 1. The van der Waals surface area contributed by atoms with Crippen LogP contribution in [-0.2, 0) is 11.2 Å². The van der Waals surface area contributed by atoms with Crippen LogP contribution >= 0.6 is 12.4 Å². The van der Waals surface area contributed by atoms with Crippen LogP contribution in [0.5, 0.6) is 11.5 Å². The Morgan fingerprint density at radius 3 is 2.43 bits per heavy atom. The van der Waals surface area contributed by atoms with E-state index in [-0.39, 0.29) is 36.1 Å². The minimum atomic E-state index is -0.827. The number of benzene rings is 2. The number of urea groups is 1. The monoisotopic (exact) mass is 434 g/mol. The maximum absolute atomic E-state index is 14.2. The summed E-state index contributed by atoms with van der Waals surface area (Å²) in [5.41, 5.74) is 6.20. The van der Waals surface area contributed by atoms with Crippen LogP contribution in [0, 0.1) is 11.6 Å². The van der Waals surface area contributed by atoms with Gasteiger partial charge in [-0.15, -0.1) is 12.4 Å². The summed E-state index contributed by atoms with van der Waals surface area (Å²) in [6.07, 6.45) is 1.32. The number of rotatable bonds is 5. The first kappa shape index (κ1) is 22.6. The van der Waals surface area contributed by atoms with Crippen LogP contribution in [0.2, 0.25) is 0 Å². The molecule has 0 aliphatic rings. The van der Waals surface area contributed by atoms with Gasteiger partial charge in [-0.25, -0.2) is 18.6 Å². The number of nitrogens with one attached hydrogen (secondary N) is 2. The van der Waals surface area contributed by atoms with Gasteiger partial charge in [-0.2, -0.15) is 0 Å². The number of halogens is 3. The summed E-state index contributed by atoms with van der Waals surface area (Å²) < 4.78 is 32.5. The minimum Gasteiger partial charge on any atom is -0.454 e. The Morgan fingerprint density at radius 1 is 1.03 bits per heavy atom. The molecule has 0 atom stereocenters. The number of pyridine rings is 1. The summed E-state index contributed by atoms with van der Waals surface area (Å²) in [7, 11) is 0. The van der Waals surface area contributed by atoms with Crippen molar-refractivity contribution in [3.05, 3.63) is 78.0 Å². The molecule has 7 nitrogen and oxygen atoms in total. The van der Waals surface area contributed by atoms with E-state index in [1.165, 1.54) is 54.7 Å². The molecule has 2 aromatic carbocycles. The SMILES string of the molecule is Cl.Nc1cc(Oc2ccc(NC(=O)NC(=O)Cc3ccc(F)cc3)cc2F)ccn1. The van der Waals surface area contributed by atoms with Gasteiger partial charge < -0.3 is 15.8 Å². The second kappa shape index (κ2) is 10.2. The molecule has 3 amide bonds. The third-order valence-electron chi connectivity index (χ3n) is 3.70. The molecule has 0 bridgehead atoms. The van der Waals surface area contributed by atoms with Crippen molar-refractivity contribution in [2.75, 3.05) is 11.1 Å². The lowest BCUT2D eigenvalue weighted by Gasteiger charge is -2.10. The largest absolute Gasteiger partial charge is 0.454 e. The highest BCUT2D eigenvalue weighted by Crippen LogP contribution is 2.27. The molecule has 4 N–H and O–H groups in total. The van der Waals surface area contributed by atoms with Crippen molar-refractivity contribution in [1.29, 1.82) is 0 Å². The Hall–Kier alpha value is -3.72. The van der Waals surface area contributed by atoms with Crippen LogP contribution in [-0.4, -0.2) is 16.9 Å². The minimum absolute atomic E-state index is 0. The van der Waals surface area contributed by atoms with Gasteiger partial charge in [0.05, 0.1) is 6.42 Å². The van der Waals surface area contributed by atoms with E-state index in [9.17, 15) is 18.4 Å². The van der Waals surface area contributed by atoms with E-state index in [2.05, 4.69) is 15.6 Å². The average Bonchev–Trinajstić information content (AvgIpc) is 2.66. The molecule has 0 saturated heterocycles. The van der Waals surface area contributed by atoms with Gasteiger partial charge in [0.2, 0.25) is 5.91 Å². The molecule has 0 aliphatic heterocycles. The summed E-state index contributed by atoms with van der Waals surface area (Å²) >= 11 is 0. The summed E-state index contributed by atoms with van der Waals surface area (Å²) in [4.78, 5) is 27.6. The molecule has 156 valence electrons. The van der Waals surface area contributed by atoms with Crippen LogP contribution in [0.15, 0.2) is 60.8 Å². The van der Waals surface area contributed by atoms with E-state index in [0.29, 0.717) is 11.3 Å². The molecular formula is C20H17ClF2N4O3. The van der Waals surface area contributed by atoms with Gasteiger partial charge in [-0.1, -0.05) is 12.1 Å². The summed E-state index contributed by atoms with van der Waals surface area (Å²) in [6, 6.07) is 11.2. The Balaban J connectivity index is 0.00000320. The van der Waals surface area contributed by atoms with Gasteiger partial charge in [0.15, 0.2) is 11.6 Å². The number of hydrogen-bond donors (Lipinski definition) is 3. The zero-order valence-corrected chi connectivity index (χ0v) is 16.2. The summed E-state index contributed by atoms with van der Waals surface area (Å²) in [6.45, 7) is 0. The fraction of sp³-hybridized carbons (Fsp3) is 0.0500. The van der Waals surface area contributed by atoms with Crippen molar-refractivity contribution >= 4 is 35.9 Å². The molecule has 30 heavy (non-hydrogen) atoms. The van der Waals surface area contributed by atoms with E-state index in [0.717, 1.165) is 6.07 Å². The fourth-order valence-electron chi connectivity index (χ4n) is 2.40. The number of nitrogen functional groups attached to an aromatic ring is 1. The highest BCUT2D eigenvalue weighted by atomic mass is 35.5. The number of carbonyl (C=O) groups excluding carboxylic acids is 2. The lowest BCUT2D eigenvalue weighted by Crippen LogP contribution is -2.35. The first-order valence-corrected chi connectivity index (χ1v) is 8.43. The molecule has 0 saturated carbocycles. The van der Waals surface area contributed by atoms with Gasteiger partial charge >= 0.3 is 6.03 Å². The molecule has 0 fully saturated rings. The van der Waals surface area contributed by atoms with E-state index in [1.54, 1.807) is 0 Å². The van der Waals surface area contributed by atoms with Crippen molar-refractivity contribution < 1.29 is 23.1 Å². The van der Waals surface area contributed by atoms with E-state index in [1.807, 2.05) is 0 Å². The quantitative estimate of drug-likeness (QED) is 0.561. The lowest BCUT2D eigenvalue weighted by molar-refractivity contribution is -0.119. The number of nitrogens with zero attached hydrogens (tertiary/aromatic N) is 1. The molecule has 0 spiro atoms. The zero-order chi connectivity index (χ0) is 20.8. The number of imide groups is 1. The Labute approximate surface area is 176 Å². The number of amides is 3. The van der Waals surface area contributed by atoms with Crippen molar-refractivity contribution in [1.82, 2.24) is 10.3 Å². The number of hydrogen-bond acceptors (Lipinski definition) is 5. The van der Waals surface area contributed by atoms with Crippen LogP contribution in [0.1, 0.15) is 5.56 Å². The number of carbonyl (C=O) groups is 2. The predicted molar refractivity (Wildman–Crippen MR) is 110 cm³/mol. The molecule has 3 aromatic rings. The summed E-state index contributed by atoms with van der Waals surface area (Å²) in [5.74, 6) is -1.28. The van der Waals surface area contributed by atoms with Crippen LogP contribution in [0.25, 0.3) is 0 Å². The normalized spacial score (nSPS) is 9.93. The molecule has 1 aromatic heterocycles. The highest BCUT2D eigenvalue weighted by Gasteiger charge is 2.11.